The summed E-state index contributed by atoms with van der Waals surface area (Å²) >= 11 is 2.17. The van der Waals surface area contributed by atoms with Gasteiger partial charge in [0.1, 0.15) is 0 Å². The predicted octanol–water partition coefficient (Wildman–Crippen LogP) is 1.66. The van der Waals surface area contributed by atoms with Crippen LogP contribution in [0.5, 0.6) is 0 Å². The number of rotatable bonds is 2. The summed E-state index contributed by atoms with van der Waals surface area (Å²) < 4.78 is 27.9. The van der Waals surface area contributed by atoms with Gasteiger partial charge in [0, 0.05) is 28.7 Å². The average molecular weight is 380 g/mol. The number of hydrogen-bond donors (Lipinski definition) is 1. The Balaban J connectivity index is 2.38. The molecule has 0 aliphatic carbocycles. The van der Waals surface area contributed by atoms with Crippen LogP contribution in [0.2, 0.25) is 0 Å². The van der Waals surface area contributed by atoms with Crippen molar-refractivity contribution in [2.45, 2.75) is 30.8 Å². The zero-order chi connectivity index (χ0) is 13.3. The first-order chi connectivity index (χ1) is 8.43. The molecule has 1 fully saturated rings. The Hall–Kier alpha value is -0.180. The Bertz CT molecular complexity index is 505. The maximum absolute atomic E-state index is 12.6. The molecular weight excluding hydrogens is 363 g/mol. The summed E-state index contributed by atoms with van der Waals surface area (Å²) in [6, 6.07) is 6.98. The van der Waals surface area contributed by atoms with Gasteiger partial charge in [0.2, 0.25) is 10.0 Å². The highest BCUT2D eigenvalue weighted by Gasteiger charge is 2.35. The third-order valence-corrected chi connectivity index (χ3v) is 6.00. The lowest BCUT2D eigenvalue weighted by Gasteiger charge is -2.38. The monoisotopic (exact) mass is 380 g/mol. The van der Waals surface area contributed by atoms with Crippen LogP contribution in [-0.4, -0.2) is 37.9 Å². The molecule has 1 saturated heterocycles. The van der Waals surface area contributed by atoms with Crippen molar-refractivity contribution in [3.8, 4) is 0 Å². The quantitative estimate of drug-likeness (QED) is 0.795. The molecule has 1 aromatic carbocycles. The molecule has 1 heterocycles. The number of nitrogens with zero attached hydrogens (tertiary/aromatic N) is 1. The molecule has 2 unspecified atom stereocenters. The molecule has 18 heavy (non-hydrogen) atoms. The van der Waals surface area contributed by atoms with Gasteiger partial charge in [0.15, 0.2) is 0 Å². The van der Waals surface area contributed by atoms with Crippen molar-refractivity contribution >= 4 is 32.6 Å². The Labute approximate surface area is 122 Å². The second-order valence-corrected chi connectivity index (χ2v) is 7.73. The molecule has 4 nitrogen and oxygen atoms in total. The number of piperazine rings is 1. The predicted molar refractivity (Wildman–Crippen MR) is 80.0 cm³/mol. The molecule has 1 aromatic rings. The molecule has 0 spiro atoms. The van der Waals surface area contributed by atoms with Crippen LogP contribution < -0.4 is 5.32 Å². The molecule has 2 atom stereocenters. The number of halogens is 1. The largest absolute Gasteiger partial charge is 0.314 e. The van der Waals surface area contributed by atoms with E-state index >= 15 is 0 Å². The maximum atomic E-state index is 12.6. The summed E-state index contributed by atoms with van der Waals surface area (Å²) in [5.74, 6) is 0. The van der Waals surface area contributed by atoms with Crippen molar-refractivity contribution in [2.75, 3.05) is 13.1 Å². The van der Waals surface area contributed by atoms with Gasteiger partial charge in [-0.2, -0.15) is 4.31 Å². The molecule has 1 aliphatic heterocycles. The van der Waals surface area contributed by atoms with E-state index in [2.05, 4.69) is 27.9 Å². The first-order valence-electron chi connectivity index (χ1n) is 5.93. The molecule has 1 N–H and O–H groups in total. The van der Waals surface area contributed by atoms with Crippen LogP contribution in [-0.2, 0) is 10.0 Å². The van der Waals surface area contributed by atoms with E-state index in [0.29, 0.717) is 18.0 Å². The standard InChI is InChI=1S/C12H17IN2O2S/c1-9-7-14-8-10(2)15(9)18(16,17)12-5-3-11(13)4-6-12/h3-6,9-10,14H,7-8H2,1-2H3. The highest BCUT2D eigenvalue weighted by molar-refractivity contribution is 14.1. The average Bonchev–Trinajstić information content (AvgIpc) is 2.29. The topological polar surface area (TPSA) is 49.4 Å². The number of benzene rings is 1. The summed E-state index contributed by atoms with van der Waals surface area (Å²) in [5, 5.41) is 3.24. The van der Waals surface area contributed by atoms with E-state index < -0.39 is 10.0 Å². The van der Waals surface area contributed by atoms with Gasteiger partial charge in [-0.3, -0.25) is 0 Å². The molecule has 0 saturated carbocycles. The first-order valence-corrected chi connectivity index (χ1v) is 8.44. The highest BCUT2D eigenvalue weighted by Crippen LogP contribution is 2.23. The van der Waals surface area contributed by atoms with Crippen molar-refractivity contribution < 1.29 is 8.42 Å². The fourth-order valence-electron chi connectivity index (χ4n) is 2.32. The van der Waals surface area contributed by atoms with Crippen LogP contribution in [0, 0.1) is 3.57 Å². The third-order valence-electron chi connectivity index (χ3n) is 3.14. The molecule has 1 aliphatic rings. The molecule has 6 heteroatoms. The van der Waals surface area contributed by atoms with E-state index in [9.17, 15) is 8.42 Å². The molecule has 0 bridgehead atoms. The maximum Gasteiger partial charge on any atom is 0.243 e. The van der Waals surface area contributed by atoms with E-state index in [1.807, 2.05) is 26.0 Å². The number of sulfonamides is 1. The Morgan fingerprint density at radius 2 is 1.67 bits per heavy atom. The van der Waals surface area contributed by atoms with Crippen molar-refractivity contribution in [2.24, 2.45) is 0 Å². The first kappa shape index (κ1) is 14.2. The van der Waals surface area contributed by atoms with E-state index in [0.717, 1.165) is 3.57 Å². The summed E-state index contributed by atoms with van der Waals surface area (Å²) in [7, 11) is -3.39. The van der Waals surface area contributed by atoms with Crippen LogP contribution in [0.3, 0.4) is 0 Å². The van der Waals surface area contributed by atoms with Gasteiger partial charge in [-0.15, -0.1) is 0 Å². The lowest BCUT2D eigenvalue weighted by atomic mass is 10.2. The lowest BCUT2D eigenvalue weighted by Crippen LogP contribution is -2.57. The summed E-state index contributed by atoms with van der Waals surface area (Å²) in [4.78, 5) is 0.378. The zero-order valence-corrected chi connectivity index (χ0v) is 13.4. The highest BCUT2D eigenvalue weighted by atomic mass is 127. The Morgan fingerprint density at radius 3 is 2.17 bits per heavy atom. The van der Waals surface area contributed by atoms with E-state index in [4.69, 9.17) is 0 Å². The number of nitrogens with one attached hydrogen (secondary N) is 1. The van der Waals surface area contributed by atoms with E-state index in [1.165, 1.54) is 0 Å². The van der Waals surface area contributed by atoms with Gasteiger partial charge < -0.3 is 5.32 Å². The second-order valence-electron chi connectivity index (χ2n) is 4.65. The van der Waals surface area contributed by atoms with Gasteiger partial charge in [0.25, 0.3) is 0 Å². The molecule has 2 rings (SSSR count). The van der Waals surface area contributed by atoms with Crippen LogP contribution in [0.1, 0.15) is 13.8 Å². The Kier molecular flexibility index (Phi) is 4.30. The molecule has 0 amide bonds. The minimum absolute atomic E-state index is 0.0157. The summed E-state index contributed by atoms with van der Waals surface area (Å²) in [6.45, 7) is 5.28. The van der Waals surface area contributed by atoms with Crippen molar-refractivity contribution in [3.05, 3.63) is 27.8 Å². The number of hydrogen-bond acceptors (Lipinski definition) is 3. The molecular formula is C12H17IN2O2S. The van der Waals surface area contributed by atoms with Gasteiger partial charge in [-0.1, -0.05) is 0 Å². The van der Waals surface area contributed by atoms with Crippen LogP contribution >= 0.6 is 22.6 Å². The molecule has 100 valence electrons. The van der Waals surface area contributed by atoms with Gasteiger partial charge in [-0.25, -0.2) is 8.42 Å². The lowest BCUT2D eigenvalue weighted by molar-refractivity contribution is 0.220. The molecule has 0 aromatic heterocycles. The smallest absolute Gasteiger partial charge is 0.243 e. The minimum atomic E-state index is -3.39. The van der Waals surface area contributed by atoms with Gasteiger partial charge in [-0.05, 0) is 60.7 Å². The van der Waals surface area contributed by atoms with Crippen LogP contribution in [0.15, 0.2) is 29.2 Å². The third kappa shape index (κ3) is 2.71. The fourth-order valence-corrected chi connectivity index (χ4v) is 4.50. The fraction of sp³-hybridized carbons (Fsp3) is 0.500. The van der Waals surface area contributed by atoms with Crippen molar-refractivity contribution in [1.82, 2.24) is 9.62 Å². The molecule has 0 radical (unpaired) electrons. The Morgan fingerprint density at radius 1 is 1.17 bits per heavy atom. The van der Waals surface area contributed by atoms with Gasteiger partial charge in [0.05, 0.1) is 4.90 Å². The zero-order valence-electron chi connectivity index (χ0n) is 10.4. The van der Waals surface area contributed by atoms with Crippen molar-refractivity contribution in [3.63, 3.8) is 0 Å². The van der Waals surface area contributed by atoms with Crippen molar-refractivity contribution in [1.29, 1.82) is 0 Å². The second kappa shape index (κ2) is 5.44. The normalized spacial score (nSPS) is 26.2. The SMILES string of the molecule is CC1CNCC(C)N1S(=O)(=O)c1ccc(I)cc1. The van der Waals surface area contributed by atoms with Crippen LogP contribution in [0.4, 0.5) is 0 Å². The van der Waals surface area contributed by atoms with Gasteiger partial charge >= 0.3 is 0 Å². The van der Waals surface area contributed by atoms with Crippen LogP contribution in [0.25, 0.3) is 0 Å². The summed E-state index contributed by atoms with van der Waals surface area (Å²) in [5.41, 5.74) is 0. The minimum Gasteiger partial charge on any atom is -0.314 e. The van der Waals surface area contributed by atoms with E-state index in [1.54, 1.807) is 16.4 Å². The summed E-state index contributed by atoms with van der Waals surface area (Å²) in [6.07, 6.45) is 0. The van der Waals surface area contributed by atoms with E-state index in [-0.39, 0.29) is 12.1 Å².